The highest BCUT2D eigenvalue weighted by molar-refractivity contribution is 6.47. The van der Waals surface area contributed by atoms with Crippen molar-refractivity contribution in [2.24, 2.45) is 5.73 Å². The number of para-hydroxylation sites is 1. The molecule has 2 heterocycles. The van der Waals surface area contributed by atoms with Gasteiger partial charge in [0, 0.05) is 26.2 Å². The van der Waals surface area contributed by atoms with Gasteiger partial charge in [-0.2, -0.15) is 0 Å². The first-order valence-electron chi connectivity index (χ1n) is 8.89. The first kappa shape index (κ1) is 19.6. The van der Waals surface area contributed by atoms with Gasteiger partial charge in [0.25, 0.3) is 0 Å². The third-order valence-corrected chi connectivity index (χ3v) is 5.06. The van der Waals surface area contributed by atoms with E-state index in [-0.39, 0.29) is 42.3 Å². The van der Waals surface area contributed by atoms with Crippen molar-refractivity contribution in [1.29, 1.82) is 0 Å². The van der Waals surface area contributed by atoms with E-state index in [0.717, 1.165) is 6.42 Å². The molecule has 0 spiro atoms. The Bertz CT molecular complexity index is 718. The van der Waals surface area contributed by atoms with Gasteiger partial charge in [0.1, 0.15) is 5.75 Å². The Hall–Kier alpha value is -2.14. The van der Waals surface area contributed by atoms with Crippen LogP contribution in [0.5, 0.6) is 5.75 Å². The zero-order chi connectivity index (χ0) is 19.6. The van der Waals surface area contributed by atoms with Gasteiger partial charge in [-0.05, 0) is 24.5 Å². The van der Waals surface area contributed by atoms with Crippen LogP contribution in [0.15, 0.2) is 18.2 Å². The predicted molar refractivity (Wildman–Crippen MR) is 97.5 cm³/mol. The second kappa shape index (κ2) is 8.26. The zero-order valence-corrected chi connectivity index (χ0v) is 15.1. The van der Waals surface area contributed by atoms with E-state index >= 15 is 0 Å². The van der Waals surface area contributed by atoms with E-state index in [1.807, 2.05) is 4.90 Å². The first-order chi connectivity index (χ1) is 12.9. The molecule has 2 unspecified atom stereocenters. The first-order valence-corrected chi connectivity index (χ1v) is 8.89. The molecule has 1 fully saturated rings. The molecule has 9 nitrogen and oxygen atoms in total. The van der Waals surface area contributed by atoms with Crippen molar-refractivity contribution in [3.05, 3.63) is 29.3 Å². The Kier molecular flexibility index (Phi) is 6.00. The van der Waals surface area contributed by atoms with E-state index < -0.39 is 19.0 Å². The minimum absolute atomic E-state index is 0.00779. The van der Waals surface area contributed by atoms with Crippen LogP contribution in [-0.2, 0) is 16.0 Å². The topological polar surface area (TPSA) is 134 Å². The Morgan fingerprint density at radius 1 is 1.48 bits per heavy atom. The van der Waals surface area contributed by atoms with Gasteiger partial charge in [-0.25, -0.2) is 4.79 Å². The number of benzene rings is 1. The fraction of sp³-hybridized carbons (Fsp3) is 0.529. The number of carbonyl (C=O) groups excluding carboxylic acids is 1. The summed E-state index contributed by atoms with van der Waals surface area (Å²) in [4.78, 5) is 25.6. The normalized spacial score (nSPS) is 25.4. The molecule has 3 atom stereocenters. The maximum absolute atomic E-state index is 12.4. The smallest absolute Gasteiger partial charge is 0.534 e. The Morgan fingerprint density at radius 3 is 2.96 bits per heavy atom. The highest BCUT2D eigenvalue weighted by Crippen LogP contribution is 2.30. The van der Waals surface area contributed by atoms with Crippen LogP contribution in [0.25, 0.3) is 0 Å². The van der Waals surface area contributed by atoms with Crippen LogP contribution in [0.3, 0.4) is 0 Å². The van der Waals surface area contributed by atoms with Crippen LogP contribution in [0.1, 0.15) is 22.3 Å². The second-order valence-electron chi connectivity index (χ2n) is 6.95. The molecule has 1 aromatic carbocycles. The summed E-state index contributed by atoms with van der Waals surface area (Å²) in [7, 11) is 0.288. The number of carboxylic acids is 1. The standard InChI is InChI=1S/C17H24BN3O6/c1-26-13-8-21(6-5-12(13)19)9-15(22)20-14-7-10-3-2-4-11(17(23)24)16(10)27-18(14)25/h2-4,12-14,25H,5-9,19H2,1H3,(H,20,22)(H,23,24)/t12?,13?,14-/m0/s1. The molecule has 0 aromatic heterocycles. The van der Waals surface area contributed by atoms with Crippen molar-refractivity contribution in [2.75, 3.05) is 26.7 Å². The van der Waals surface area contributed by atoms with Crippen molar-refractivity contribution in [2.45, 2.75) is 30.9 Å². The zero-order valence-electron chi connectivity index (χ0n) is 15.1. The summed E-state index contributed by atoms with van der Waals surface area (Å²) in [5, 5.41) is 22.2. The Labute approximate surface area is 157 Å². The van der Waals surface area contributed by atoms with Crippen LogP contribution in [-0.4, -0.2) is 78.9 Å². The summed E-state index contributed by atoms with van der Waals surface area (Å²) in [6.07, 6.45) is 0.915. The number of carboxylic acid groups (broad SMARTS) is 1. The average Bonchev–Trinajstić information content (AvgIpc) is 2.63. The van der Waals surface area contributed by atoms with Crippen LogP contribution >= 0.6 is 0 Å². The Balaban J connectivity index is 1.60. The molecule has 0 aliphatic carbocycles. The molecule has 5 N–H and O–H groups in total. The minimum atomic E-state index is -1.32. The number of nitrogens with one attached hydrogen (secondary N) is 1. The lowest BCUT2D eigenvalue weighted by Gasteiger charge is -2.36. The van der Waals surface area contributed by atoms with E-state index in [0.29, 0.717) is 18.7 Å². The van der Waals surface area contributed by atoms with Crippen molar-refractivity contribution < 1.29 is 29.1 Å². The number of hydrogen-bond acceptors (Lipinski definition) is 7. The number of ether oxygens (including phenoxy) is 1. The van der Waals surface area contributed by atoms with Crippen LogP contribution in [0.2, 0.25) is 0 Å². The lowest BCUT2D eigenvalue weighted by molar-refractivity contribution is -0.123. The quantitative estimate of drug-likeness (QED) is 0.474. The van der Waals surface area contributed by atoms with Crippen LogP contribution in [0.4, 0.5) is 0 Å². The van der Waals surface area contributed by atoms with Crippen LogP contribution in [0, 0.1) is 0 Å². The van der Waals surface area contributed by atoms with Gasteiger partial charge >= 0.3 is 13.1 Å². The third kappa shape index (κ3) is 4.41. The molecule has 3 rings (SSSR count). The van der Waals surface area contributed by atoms with Gasteiger partial charge in [-0.1, -0.05) is 12.1 Å². The number of nitrogens with two attached hydrogens (primary N) is 1. The maximum atomic E-state index is 12.4. The van der Waals surface area contributed by atoms with Gasteiger partial charge in [0.05, 0.1) is 24.2 Å². The van der Waals surface area contributed by atoms with Gasteiger partial charge in [-0.3, -0.25) is 9.69 Å². The number of nitrogens with zero attached hydrogens (tertiary/aromatic N) is 1. The number of hydrogen-bond donors (Lipinski definition) is 4. The highest BCUT2D eigenvalue weighted by atomic mass is 16.5. The molecule has 1 saturated heterocycles. The van der Waals surface area contributed by atoms with Crippen molar-refractivity contribution in [1.82, 2.24) is 10.2 Å². The fourth-order valence-corrected chi connectivity index (χ4v) is 3.56. The maximum Gasteiger partial charge on any atom is 0.547 e. The van der Waals surface area contributed by atoms with Crippen molar-refractivity contribution in [3.63, 3.8) is 0 Å². The Morgan fingerprint density at radius 2 is 2.26 bits per heavy atom. The molecule has 10 heteroatoms. The summed E-state index contributed by atoms with van der Waals surface area (Å²) in [5.41, 5.74) is 6.61. The molecular formula is C17H24BN3O6. The van der Waals surface area contributed by atoms with Gasteiger partial charge in [0.2, 0.25) is 5.91 Å². The summed E-state index contributed by atoms with van der Waals surface area (Å²) < 4.78 is 10.7. The summed E-state index contributed by atoms with van der Waals surface area (Å²) in [5.74, 6) is -1.88. The minimum Gasteiger partial charge on any atom is -0.534 e. The lowest BCUT2D eigenvalue weighted by Crippen LogP contribution is -2.57. The van der Waals surface area contributed by atoms with Gasteiger partial charge in [0.15, 0.2) is 0 Å². The number of piperidine rings is 1. The molecule has 0 radical (unpaired) electrons. The molecule has 0 saturated carbocycles. The lowest BCUT2D eigenvalue weighted by atomic mass is 9.72. The second-order valence-corrected chi connectivity index (χ2v) is 6.95. The van der Waals surface area contributed by atoms with Crippen molar-refractivity contribution >= 4 is 19.0 Å². The van der Waals surface area contributed by atoms with E-state index in [1.165, 1.54) is 6.07 Å². The molecular weight excluding hydrogens is 353 g/mol. The summed E-state index contributed by atoms with van der Waals surface area (Å²) in [6.45, 7) is 1.43. The molecule has 2 aliphatic rings. The number of fused-ring (bicyclic) bond motifs is 1. The number of methoxy groups -OCH3 is 1. The number of likely N-dealkylation sites (tertiary alicyclic amines) is 1. The number of amides is 1. The van der Waals surface area contributed by atoms with E-state index in [1.54, 1.807) is 19.2 Å². The van der Waals surface area contributed by atoms with Gasteiger partial charge in [-0.15, -0.1) is 0 Å². The molecule has 2 aliphatic heterocycles. The van der Waals surface area contributed by atoms with E-state index in [4.69, 9.17) is 15.1 Å². The molecule has 27 heavy (non-hydrogen) atoms. The monoisotopic (exact) mass is 377 g/mol. The number of rotatable bonds is 5. The van der Waals surface area contributed by atoms with E-state index in [9.17, 15) is 19.7 Å². The third-order valence-electron chi connectivity index (χ3n) is 5.06. The molecule has 1 amide bonds. The molecule has 1 aromatic rings. The van der Waals surface area contributed by atoms with E-state index in [2.05, 4.69) is 5.32 Å². The highest BCUT2D eigenvalue weighted by Gasteiger charge is 2.38. The fourth-order valence-electron chi connectivity index (χ4n) is 3.56. The largest absolute Gasteiger partial charge is 0.547 e. The number of carbonyl (C=O) groups is 2. The van der Waals surface area contributed by atoms with Gasteiger partial charge < -0.3 is 30.6 Å². The number of aromatic carboxylic acids is 1. The van der Waals surface area contributed by atoms with Crippen molar-refractivity contribution in [3.8, 4) is 5.75 Å². The predicted octanol–water partition coefficient (Wildman–Crippen LogP) is -1.13. The molecule has 0 bridgehead atoms. The average molecular weight is 377 g/mol. The van der Waals surface area contributed by atoms with Crippen LogP contribution < -0.4 is 15.7 Å². The molecule has 146 valence electrons. The summed E-state index contributed by atoms with van der Waals surface area (Å²) in [6, 6.07) is 4.72. The SMILES string of the molecule is COC1CN(CC(=O)N[C@H]2Cc3cccc(C(=O)O)c3OB2O)CCC1N. The summed E-state index contributed by atoms with van der Waals surface area (Å²) >= 11 is 0.